The van der Waals surface area contributed by atoms with Crippen LogP contribution >= 0.6 is 15.9 Å². The lowest BCUT2D eigenvalue weighted by molar-refractivity contribution is -0.138. The number of benzene rings is 2. The van der Waals surface area contributed by atoms with Crippen molar-refractivity contribution in [3.8, 4) is 5.69 Å². The second kappa shape index (κ2) is 6.67. The van der Waals surface area contributed by atoms with Crippen LogP contribution in [0.2, 0.25) is 0 Å². The molecule has 2 aromatic carbocycles. The SMILES string of the molecule is O=c1nc(NCC2CC2)c2cc(Br)c(C(F)(F)F)cc2n1-c1ccccc1. The summed E-state index contributed by atoms with van der Waals surface area (Å²) in [6.45, 7) is 0.648. The van der Waals surface area contributed by atoms with Gasteiger partial charge in [0.15, 0.2) is 0 Å². The molecule has 4 nitrogen and oxygen atoms in total. The molecular formula is C19H15BrF3N3O. The number of hydrogen-bond donors (Lipinski definition) is 1. The highest BCUT2D eigenvalue weighted by molar-refractivity contribution is 9.10. The third-order valence-electron chi connectivity index (χ3n) is 4.56. The van der Waals surface area contributed by atoms with E-state index in [9.17, 15) is 18.0 Å². The molecule has 3 aromatic rings. The number of rotatable bonds is 4. The Bertz CT molecular complexity index is 1060. The molecule has 0 saturated heterocycles. The van der Waals surface area contributed by atoms with Crippen LogP contribution in [0.25, 0.3) is 16.6 Å². The molecular weight excluding hydrogens is 423 g/mol. The molecule has 0 aliphatic heterocycles. The lowest BCUT2D eigenvalue weighted by atomic mass is 10.1. The summed E-state index contributed by atoms with van der Waals surface area (Å²) in [7, 11) is 0. The monoisotopic (exact) mass is 437 g/mol. The van der Waals surface area contributed by atoms with Gasteiger partial charge in [-0.05, 0) is 43.0 Å². The molecule has 0 amide bonds. The predicted molar refractivity (Wildman–Crippen MR) is 101 cm³/mol. The molecule has 1 saturated carbocycles. The average molecular weight is 438 g/mol. The van der Waals surface area contributed by atoms with Crippen LogP contribution in [0.3, 0.4) is 0 Å². The first-order chi connectivity index (χ1) is 12.8. The van der Waals surface area contributed by atoms with Crippen LogP contribution in [-0.2, 0) is 6.18 Å². The summed E-state index contributed by atoms with van der Waals surface area (Å²) in [5.74, 6) is 0.833. The van der Waals surface area contributed by atoms with E-state index in [4.69, 9.17) is 0 Å². The van der Waals surface area contributed by atoms with Crippen LogP contribution in [0, 0.1) is 5.92 Å². The molecule has 1 heterocycles. The Morgan fingerprint density at radius 1 is 1.19 bits per heavy atom. The minimum atomic E-state index is -4.55. The molecule has 1 N–H and O–H groups in total. The van der Waals surface area contributed by atoms with Crippen molar-refractivity contribution in [3.05, 3.63) is 63.0 Å². The van der Waals surface area contributed by atoms with E-state index >= 15 is 0 Å². The summed E-state index contributed by atoms with van der Waals surface area (Å²) in [4.78, 5) is 16.8. The van der Waals surface area contributed by atoms with Crippen molar-refractivity contribution in [2.45, 2.75) is 19.0 Å². The van der Waals surface area contributed by atoms with E-state index in [1.54, 1.807) is 30.3 Å². The number of fused-ring (bicyclic) bond motifs is 1. The van der Waals surface area contributed by atoms with Gasteiger partial charge in [0.25, 0.3) is 0 Å². The Labute approximate surface area is 161 Å². The number of anilines is 1. The van der Waals surface area contributed by atoms with Gasteiger partial charge in [-0.2, -0.15) is 18.2 Å². The first kappa shape index (κ1) is 18.0. The first-order valence-electron chi connectivity index (χ1n) is 8.47. The largest absolute Gasteiger partial charge is 0.417 e. The molecule has 140 valence electrons. The van der Waals surface area contributed by atoms with Crippen LogP contribution in [0.15, 0.2) is 51.7 Å². The standard InChI is InChI=1S/C19H15BrF3N3O/c20-15-8-13-16(9-14(15)19(21,22)23)26(12-4-2-1-3-5-12)18(27)25-17(13)24-10-11-6-7-11/h1-5,8-9,11H,6-7,10H2,(H,24,25,27). The number of halogens is 4. The maximum absolute atomic E-state index is 13.4. The average Bonchev–Trinajstić information content (AvgIpc) is 3.44. The molecule has 1 aromatic heterocycles. The van der Waals surface area contributed by atoms with E-state index < -0.39 is 17.4 Å². The molecule has 1 aliphatic rings. The third-order valence-corrected chi connectivity index (χ3v) is 5.21. The van der Waals surface area contributed by atoms with E-state index in [-0.39, 0.29) is 9.99 Å². The quantitative estimate of drug-likeness (QED) is 0.625. The fourth-order valence-electron chi connectivity index (χ4n) is 2.99. The summed E-state index contributed by atoms with van der Waals surface area (Å²) in [5, 5.41) is 3.59. The number of para-hydroxylation sites is 1. The van der Waals surface area contributed by atoms with Crippen molar-refractivity contribution in [3.63, 3.8) is 0 Å². The van der Waals surface area contributed by atoms with Crippen LogP contribution in [0.5, 0.6) is 0 Å². The zero-order valence-electron chi connectivity index (χ0n) is 14.1. The van der Waals surface area contributed by atoms with Gasteiger partial charge in [-0.3, -0.25) is 4.57 Å². The second-order valence-corrected chi connectivity index (χ2v) is 7.44. The highest BCUT2D eigenvalue weighted by Gasteiger charge is 2.34. The molecule has 0 radical (unpaired) electrons. The molecule has 0 atom stereocenters. The van der Waals surface area contributed by atoms with Gasteiger partial charge in [0.1, 0.15) is 5.82 Å². The number of aromatic nitrogens is 2. The Hall–Kier alpha value is -2.35. The number of nitrogens with one attached hydrogen (secondary N) is 1. The lowest BCUT2D eigenvalue weighted by Crippen LogP contribution is -2.24. The van der Waals surface area contributed by atoms with Crippen molar-refractivity contribution >= 4 is 32.7 Å². The van der Waals surface area contributed by atoms with Crippen LogP contribution in [-0.4, -0.2) is 16.1 Å². The van der Waals surface area contributed by atoms with Gasteiger partial charge in [0, 0.05) is 16.4 Å². The number of nitrogens with zero attached hydrogens (tertiary/aromatic N) is 2. The zero-order valence-corrected chi connectivity index (χ0v) is 15.6. The van der Waals surface area contributed by atoms with Crippen molar-refractivity contribution in [2.24, 2.45) is 5.92 Å². The molecule has 0 bridgehead atoms. The summed E-state index contributed by atoms with van der Waals surface area (Å²) in [5.41, 5.74) is -0.833. The van der Waals surface area contributed by atoms with Crippen molar-refractivity contribution in [2.75, 3.05) is 11.9 Å². The normalized spacial score (nSPS) is 14.5. The van der Waals surface area contributed by atoms with E-state index in [2.05, 4.69) is 26.2 Å². The Morgan fingerprint density at radius 3 is 2.52 bits per heavy atom. The van der Waals surface area contributed by atoms with E-state index in [1.807, 2.05) is 0 Å². The Kier molecular flexibility index (Phi) is 4.46. The van der Waals surface area contributed by atoms with Gasteiger partial charge >= 0.3 is 11.9 Å². The van der Waals surface area contributed by atoms with Crippen molar-refractivity contribution in [1.82, 2.24) is 9.55 Å². The summed E-state index contributed by atoms with van der Waals surface area (Å²) >= 11 is 3.02. The third kappa shape index (κ3) is 3.58. The van der Waals surface area contributed by atoms with Gasteiger partial charge < -0.3 is 5.32 Å². The zero-order chi connectivity index (χ0) is 19.2. The van der Waals surface area contributed by atoms with Crippen molar-refractivity contribution < 1.29 is 13.2 Å². The summed E-state index contributed by atoms with van der Waals surface area (Å²) < 4.78 is 41.4. The Morgan fingerprint density at radius 2 is 1.89 bits per heavy atom. The molecule has 1 fully saturated rings. The lowest BCUT2D eigenvalue weighted by Gasteiger charge is -2.17. The fourth-order valence-corrected chi connectivity index (χ4v) is 3.56. The van der Waals surface area contributed by atoms with Gasteiger partial charge in [-0.15, -0.1) is 0 Å². The van der Waals surface area contributed by atoms with Crippen LogP contribution in [0.1, 0.15) is 18.4 Å². The van der Waals surface area contributed by atoms with Gasteiger partial charge in [0.05, 0.1) is 16.8 Å². The molecule has 1 aliphatic carbocycles. The molecule has 8 heteroatoms. The highest BCUT2D eigenvalue weighted by Crippen LogP contribution is 2.39. The second-order valence-electron chi connectivity index (χ2n) is 6.59. The number of alkyl halides is 3. The van der Waals surface area contributed by atoms with Gasteiger partial charge in [0.2, 0.25) is 0 Å². The van der Waals surface area contributed by atoms with Gasteiger partial charge in [-0.1, -0.05) is 34.1 Å². The first-order valence-corrected chi connectivity index (χ1v) is 9.26. The summed E-state index contributed by atoms with van der Waals surface area (Å²) in [6, 6.07) is 10.9. The smallest absolute Gasteiger partial charge is 0.369 e. The predicted octanol–water partition coefficient (Wildman–Crippen LogP) is 4.99. The molecule has 27 heavy (non-hydrogen) atoms. The summed E-state index contributed by atoms with van der Waals surface area (Å²) in [6.07, 6.45) is -2.34. The maximum Gasteiger partial charge on any atom is 0.417 e. The van der Waals surface area contributed by atoms with E-state index in [0.29, 0.717) is 29.4 Å². The highest BCUT2D eigenvalue weighted by atomic mass is 79.9. The van der Waals surface area contributed by atoms with Crippen LogP contribution in [0.4, 0.5) is 19.0 Å². The molecule has 0 unspecified atom stereocenters. The topological polar surface area (TPSA) is 46.9 Å². The number of hydrogen-bond acceptors (Lipinski definition) is 3. The van der Waals surface area contributed by atoms with E-state index in [0.717, 1.165) is 18.9 Å². The molecule has 4 rings (SSSR count). The minimum absolute atomic E-state index is 0.0861. The van der Waals surface area contributed by atoms with Gasteiger partial charge in [-0.25, -0.2) is 4.79 Å². The minimum Gasteiger partial charge on any atom is -0.369 e. The maximum atomic E-state index is 13.4. The van der Waals surface area contributed by atoms with E-state index in [1.165, 1.54) is 10.6 Å². The Balaban J connectivity index is 1.99. The van der Waals surface area contributed by atoms with Crippen molar-refractivity contribution in [1.29, 1.82) is 0 Å². The van der Waals surface area contributed by atoms with Crippen LogP contribution < -0.4 is 11.0 Å². The fraction of sp³-hybridized carbons (Fsp3) is 0.263. The molecule has 0 spiro atoms.